The normalized spacial score (nSPS) is 0. The van der Waals surface area contributed by atoms with Crippen LogP contribution in [-0.4, -0.2) is 11.0 Å². The molecule has 0 aliphatic heterocycles. The van der Waals surface area contributed by atoms with E-state index in [2.05, 4.69) is 0 Å². The molecule has 0 amide bonds. The summed E-state index contributed by atoms with van der Waals surface area (Å²) in [6, 6.07) is 0. The van der Waals surface area contributed by atoms with Crippen LogP contribution in [0.5, 0.6) is 0 Å². The molecule has 1 radical (unpaired) electrons. The first-order chi connectivity index (χ1) is 0. The van der Waals surface area contributed by atoms with Gasteiger partial charge in [-0.25, -0.2) is 0 Å². The van der Waals surface area contributed by atoms with E-state index in [1.165, 1.54) is 0 Å². The molecule has 0 heterocycles. The Morgan fingerprint density at radius 2 is 0.750 bits per heavy atom. The van der Waals surface area contributed by atoms with Crippen LogP contribution in [0.2, 0.25) is 0 Å². The van der Waals surface area contributed by atoms with Gasteiger partial charge in [0.25, 0.3) is 0 Å². The SMILES string of the molecule is C.C.[Mn].[SiH4]. The van der Waals surface area contributed by atoms with Crippen LogP contribution in [0.15, 0.2) is 0 Å². The van der Waals surface area contributed by atoms with Crippen molar-refractivity contribution in [3.8, 4) is 0 Å². The third kappa shape index (κ3) is 15.2. The van der Waals surface area contributed by atoms with E-state index >= 15 is 0 Å². The minimum Gasteiger partial charge on any atom is -0.0776 e. The summed E-state index contributed by atoms with van der Waals surface area (Å²) in [7, 11) is 0. The van der Waals surface area contributed by atoms with Crippen molar-refractivity contribution in [2.75, 3.05) is 0 Å². The molecule has 0 N–H and O–H groups in total. The van der Waals surface area contributed by atoms with Crippen molar-refractivity contribution >= 4 is 11.0 Å². The van der Waals surface area contributed by atoms with Gasteiger partial charge in [-0.2, -0.15) is 0 Å². The molecule has 0 nitrogen and oxygen atoms in total. The van der Waals surface area contributed by atoms with Crippen LogP contribution >= 0.6 is 0 Å². The molecule has 0 atom stereocenters. The molecule has 0 spiro atoms. The minimum atomic E-state index is 0. The molecule has 0 aromatic carbocycles. The van der Waals surface area contributed by atoms with Crippen molar-refractivity contribution in [3.05, 3.63) is 0 Å². The van der Waals surface area contributed by atoms with Gasteiger partial charge in [0.05, 0.1) is 0 Å². The van der Waals surface area contributed by atoms with E-state index in [0.717, 1.165) is 0 Å². The predicted molar refractivity (Wildman–Crippen MR) is 24.8 cm³/mol. The van der Waals surface area contributed by atoms with E-state index < -0.39 is 0 Å². The quantitative estimate of drug-likeness (QED) is 0.388. The van der Waals surface area contributed by atoms with Crippen molar-refractivity contribution in [1.82, 2.24) is 0 Å². The second-order valence-corrected chi connectivity index (χ2v) is 0. The van der Waals surface area contributed by atoms with Crippen molar-refractivity contribution < 1.29 is 17.1 Å². The monoisotopic (exact) mass is 119 g/mol. The van der Waals surface area contributed by atoms with Crippen LogP contribution in [0.4, 0.5) is 0 Å². The molecule has 0 unspecified atom stereocenters. The molecule has 0 aromatic heterocycles. The Balaban J connectivity index is 0. The predicted octanol–water partition coefficient (Wildman–Crippen LogP) is -0.182. The standard InChI is InChI=1S/2CH4.Mn.H4Si/h2*1H4;;1H4. The van der Waals surface area contributed by atoms with Gasteiger partial charge in [-0.15, -0.1) is 0 Å². The zero-order valence-electron chi connectivity index (χ0n) is 0.378. The van der Waals surface area contributed by atoms with Gasteiger partial charge in [0.15, 0.2) is 0 Å². The van der Waals surface area contributed by atoms with E-state index in [4.69, 9.17) is 0 Å². The fourth-order valence-corrected chi connectivity index (χ4v) is 0. The first kappa shape index (κ1) is 122. The van der Waals surface area contributed by atoms with E-state index in [1.54, 1.807) is 0 Å². The smallest absolute Gasteiger partial charge is 0 e. The third-order valence-electron chi connectivity index (χ3n) is 0. The van der Waals surface area contributed by atoms with Crippen molar-refractivity contribution in [3.63, 3.8) is 0 Å². The third-order valence-corrected chi connectivity index (χ3v) is 0. The van der Waals surface area contributed by atoms with Gasteiger partial charge in [0.2, 0.25) is 0 Å². The summed E-state index contributed by atoms with van der Waals surface area (Å²) in [6.07, 6.45) is 0. The molecule has 0 aliphatic carbocycles. The Morgan fingerprint density at radius 3 is 0.750 bits per heavy atom. The molecule has 0 saturated heterocycles. The van der Waals surface area contributed by atoms with E-state index in [1.807, 2.05) is 0 Å². The summed E-state index contributed by atoms with van der Waals surface area (Å²) in [5.74, 6) is 0. The average molecular weight is 119 g/mol. The first-order valence-electron chi connectivity index (χ1n) is 0. The van der Waals surface area contributed by atoms with Gasteiger partial charge >= 0.3 is 0 Å². The fourth-order valence-electron chi connectivity index (χ4n) is 0. The van der Waals surface area contributed by atoms with Gasteiger partial charge in [0, 0.05) is 17.1 Å². The Hall–Kier alpha value is 0.736. The second-order valence-electron chi connectivity index (χ2n) is 0. The molecule has 0 saturated carbocycles. The zero-order valence-corrected chi connectivity index (χ0v) is 1.56. The molecule has 2 heteroatoms. The summed E-state index contributed by atoms with van der Waals surface area (Å²) in [6.45, 7) is 0. The van der Waals surface area contributed by atoms with Gasteiger partial charge in [-0.05, 0) is 11.0 Å². The van der Waals surface area contributed by atoms with Crippen LogP contribution in [0, 0.1) is 0 Å². The van der Waals surface area contributed by atoms with Gasteiger partial charge in [0.1, 0.15) is 0 Å². The number of hydrogen-bond acceptors (Lipinski definition) is 0. The Labute approximate surface area is 43.5 Å². The van der Waals surface area contributed by atoms with Crippen LogP contribution in [0.25, 0.3) is 0 Å². The summed E-state index contributed by atoms with van der Waals surface area (Å²) in [5, 5.41) is 0. The summed E-state index contributed by atoms with van der Waals surface area (Å²) in [4.78, 5) is 0. The Bertz CT molecular complexity index is 6.00. The van der Waals surface area contributed by atoms with Crippen molar-refractivity contribution in [2.24, 2.45) is 0 Å². The van der Waals surface area contributed by atoms with Crippen molar-refractivity contribution in [2.45, 2.75) is 14.9 Å². The maximum atomic E-state index is 0. The zero-order chi connectivity index (χ0) is 0. The molecule has 0 rings (SSSR count). The van der Waals surface area contributed by atoms with Crippen LogP contribution in [0.3, 0.4) is 0 Å². The Morgan fingerprint density at radius 1 is 0.750 bits per heavy atom. The minimum absolute atomic E-state index is 0. The van der Waals surface area contributed by atoms with E-state index in [0.29, 0.717) is 0 Å². The molecule has 4 heavy (non-hydrogen) atoms. The molecule has 0 aliphatic rings. The molecular weight excluding hydrogens is 107 g/mol. The summed E-state index contributed by atoms with van der Waals surface area (Å²) >= 11 is 0. The molecule has 0 fully saturated rings. The molecule has 0 aromatic rings. The second kappa shape index (κ2) is 51.6. The number of rotatable bonds is 0. The van der Waals surface area contributed by atoms with Gasteiger partial charge < -0.3 is 0 Å². The molecular formula is C2H12MnSi. The van der Waals surface area contributed by atoms with Gasteiger partial charge in [-0.3, -0.25) is 0 Å². The molecule has 31 valence electrons. The van der Waals surface area contributed by atoms with Gasteiger partial charge in [-0.1, -0.05) is 14.9 Å². The van der Waals surface area contributed by atoms with E-state index in [9.17, 15) is 0 Å². The largest absolute Gasteiger partial charge is 0.0776 e. The maximum Gasteiger partial charge on any atom is 0 e. The topological polar surface area (TPSA) is 0 Å². The molecule has 0 bridgehead atoms. The maximum absolute atomic E-state index is 0. The van der Waals surface area contributed by atoms with Crippen molar-refractivity contribution in [1.29, 1.82) is 0 Å². The average Bonchev–Trinajstić information content (AvgIpc) is 0. The first-order valence-corrected chi connectivity index (χ1v) is 0. The van der Waals surface area contributed by atoms with Crippen LogP contribution in [0.1, 0.15) is 14.9 Å². The summed E-state index contributed by atoms with van der Waals surface area (Å²) < 4.78 is 0. The van der Waals surface area contributed by atoms with E-state index in [-0.39, 0.29) is 42.9 Å². The fraction of sp³-hybridized carbons (Fsp3) is 1.00. The number of hydrogen-bond donors (Lipinski definition) is 0. The van der Waals surface area contributed by atoms with Crippen LogP contribution < -0.4 is 0 Å². The summed E-state index contributed by atoms with van der Waals surface area (Å²) in [5.41, 5.74) is 0. The van der Waals surface area contributed by atoms with Crippen LogP contribution in [-0.2, 0) is 17.1 Å². The Kier molecular flexibility index (Phi) is 1570.